The largest absolute Gasteiger partial charge is 0.390 e. The van der Waals surface area contributed by atoms with Crippen LogP contribution in [0.3, 0.4) is 0 Å². The van der Waals surface area contributed by atoms with Gasteiger partial charge in [-0.15, -0.1) is 0 Å². The van der Waals surface area contributed by atoms with E-state index in [0.717, 1.165) is 60.8 Å². The average molecular weight is 431 g/mol. The molecule has 1 unspecified atom stereocenters. The minimum atomic E-state index is -0.722. The predicted octanol–water partition coefficient (Wildman–Crippen LogP) is 7.14. The van der Waals surface area contributed by atoms with Gasteiger partial charge >= 0.3 is 0 Å². The Hall–Kier alpha value is -0.340. The third-order valence-electron chi connectivity index (χ3n) is 11.7. The van der Waals surface area contributed by atoms with Gasteiger partial charge in [-0.3, -0.25) is 0 Å². The Labute approximate surface area is 192 Å². The SMILES string of the molecule is C=C(C)C(C)(O)CC[C@@H](C)[C@H]1CC[C@H]2[C@@H]3CC[C@H]4C[C@@](C)(O)CC[C@]4(C)[C@H]3CC[C@]12C. The summed E-state index contributed by atoms with van der Waals surface area (Å²) < 4.78 is 0. The van der Waals surface area contributed by atoms with Gasteiger partial charge in [0.05, 0.1) is 11.2 Å². The fourth-order valence-corrected chi connectivity index (χ4v) is 9.33. The van der Waals surface area contributed by atoms with E-state index in [-0.39, 0.29) is 0 Å². The Morgan fingerprint density at radius 3 is 2.35 bits per heavy atom. The summed E-state index contributed by atoms with van der Waals surface area (Å²) in [6.45, 7) is 17.7. The minimum Gasteiger partial charge on any atom is -0.390 e. The van der Waals surface area contributed by atoms with Crippen molar-refractivity contribution in [1.82, 2.24) is 0 Å². The van der Waals surface area contributed by atoms with Crippen molar-refractivity contribution in [3.63, 3.8) is 0 Å². The molecule has 0 radical (unpaired) electrons. The third kappa shape index (κ3) is 3.96. The monoisotopic (exact) mass is 430 g/mol. The van der Waals surface area contributed by atoms with E-state index >= 15 is 0 Å². The number of hydrogen-bond donors (Lipinski definition) is 2. The Morgan fingerprint density at radius 1 is 1.00 bits per heavy atom. The highest BCUT2D eigenvalue weighted by Gasteiger charge is 2.61. The Morgan fingerprint density at radius 2 is 1.68 bits per heavy atom. The van der Waals surface area contributed by atoms with Crippen LogP contribution in [0.1, 0.15) is 112 Å². The molecule has 0 spiro atoms. The van der Waals surface area contributed by atoms with Crippen LogP contribution in [0.4, 0.5) is 0 Å². The number of aliphatic hydroxyl groups is 2. The molecule has 0 amide bonds. The van der Waals surface area contributed by atoms with Crippen molar-refractivity contribution in [3.8, 4) is 0 Å². The molecule has 0 heterocycles. The maximum absolute atomic E-state index is 10.7. The van der Waals surface area contributed by atoms with Gasteiger partial charge in [0.25, 0.3) is 0 Å². The highest BCUT2D eigenvalue weighted by molar-refractivity contribution is 5.11. The van der Waals surface area contributed by atoms with Crippen LogP contribution in [0, 0.1) is 46.3 Å². The molecule has 4 aliphatic carbocycles. The topological polar surface area (TPSA) is 40.5 Å². The minimum absolute atomic E-state index is 0.431. The summed E-state index contributed by atoms with van der Waals surface area (Å²) in [7, 11) is 0. The summed E-state index contributed by atoms with van der Waals surface area (Å²) in [5, 5.41) is 21.4. The molecule has 4 rings (SSSR count). The Balaban J connectivity index is 1.47. The van der Waals surface area contributed by atoms with Crippen LogP contribution >= 0.6 is 0 Å². The summed E-state index contributed by atoms with van der Waals surface area (Å²) in [4.78, 5) is 0. The molecule has 0 bridgehead atoms. The second-order valence-corrected chi connectivity index (χ2v) is 13.7. The lowest BCUT2D eigenvalue weighted by Crippen LogP contribution is -2.55. The molecule has 0 aliphatic heterocycles. The maximum Gasteiger partial charge on any atom is 0.0823 e. The standard InChI is InChI=1S/C29H50O2/c1-19(2)29(7,31)15-12-20(3)23-10-11-24-22-9-8-21-18-26(4,30)16-17-27(21,5)25(22)13-14-28(23,24)6/h20-25,30-31H,1,8-18H2,2-7H3/t20-,21+,22+,23-,24+,25+,26+,27+,28-,29?/m1/s1. The van der Waals surface area contributed by atoms with E-state index in [2.05, 4.69) is 34.3 Å². The van der Waals surface area contributed by atoms with Crippen LogP contribution in [0.2, 0.25) is 0 Å². The zero-order chi connectivity index (χ0) is 22.8. The zero-order valence-electron chi connectivity index (χ0n) is 21.3. The van der Waals surface area contributed by atoms with Gasteiger partial charge in [-0.2, -0.15) is 0 Å². The first-order valence-corrected chi connectivity index (χ1v) is 13.4. The van der Waals surface area contributed by atoms with Crippen LogP contribution in [0.25, 0.3) is 0 Å². The van der Waals surface area contributed by atoms with E-state index in [1.54, 1.807) is 0 Å². The first kappa shape index (κ1) is 23.8. The van der Waals surface area contributed by atoms with E-state index in [4.69, 9.17) is 0 Å². The van der Waals surface area contributed by atoms with Gasteiger partial charge < -0.3 is 10.2 Å². The lowest BCUT2D eigenvalue weighted by Gasteiger charge is -2.62. The smallest absolute Gasteiger partial charge is 0.0823 e. The van der Waals surface area contributed by atoms with Gasteiger partial charge in [0, 0.05) is 0 Å². The van der Waals surface area contributed by atoms with E-state index in [0.29, 0.717) is 16.7 Å². The molecule has 2 heteroatoms. The first-order chi connectivity index (χ1) is 14.3. The van der Waals surface area contributed by atoms with Gasteiger partial charge in [-0.25, -0.2) is 0 Å². The van der Waals surface area contributed by atoms with Crippen LogP contribution in [-0.2, 0) is 0 Å². The fraction of sp³-hybridized carbons (Fsp3) is 0.931. The molecule has 0 aromatic heterocycles. The van der Waals surface area contributed by atoms with Gasteiger partial charge in [0.2, 0.25) is 0 Å². The summed E-state index contributed by atoms with van der Waals surface area (Å²) in [5.74, 6) is 4.87. The highest BCUT2D eigenvalue weighted by atomic mass is 16.3. The second-order valence-electron chi connectivity index (χ2n) is 13.7. The van der Waals surface area contributed by atoms with Crippen molar-refractivity contribution in [2.75, 3.05) is 0 Å². The molecule has 2 nitrogen and oxygen atoms in total. The predicted molar refractivity (Wildman–Crippen MR) is 130 cm³/mol. The second kappa shape index (κ2) is 7.86. The van der Waals surface area contributed by atoms with Crippen molar-refractivity contribution in [3.05, 3.63) is 12.2 Å². The number of rotatable bonds is 5. The molecule has 178 valence electrons. The Kier molecular flexibility index (Phi) is 6.04. The molecule has 4 saturated carbocycles. The van der Waals surface area contributed by atoms with E-state index in [9.17, 15) is 10.2 Å². The lowest BCUT2D eigenvalue weighted by molar-refractivity contribution is -0.148. The number of hydrogen-bond acceptors (Lipinski definition) is 2. The van der Waals surface area contributed by atoms with Gasteiger partial charge in [0.1, 0.15) is 0 Å². The molecule has 4 fully saturated rings. The summed E-state index contributed by atoms with van der Waals surface area (Å²) >= 11 is 0. The Bertz CT molecular complexity index is 693. The summed E-state index contributed by atoms with van der Waals surface area (Å²) in [6, 6.07) is 0. The molecule has 31 heavy (non-hydrogen) atoms. The quantitative estimate of drug-likeness (QED) is 0.455. The van der Waals surface area contributed by atoms with Crippen LogP contribution in [0.15, 0.2) is 12.2 Å². The maximum atomic E-state index is 10.7. The van der Waals surface area contributed by atoms with Crippen molar-refractivity contribution in [2.45, 2.75) is 123 Å². The molecular weight excluding hydrogens is 380 g/mol. The van der Waals surface area contributed by atoms with Crippen molar-refractivity contribution >= 4 is 0 Å². The number of fused-ring (bicyclic) bond motifs is 5. The summed E-state index contributed by atoms with van der Waals surface area (Å²) in [6.07, 6.45) is 13.5. The highest BCUT2D eigenvalue weighted by Crippen LogP contribution is 2.68. The van der Waals surface area contributed by atoms with Gasteiger partial charge in [0.15, 0.2) is 0 Å². The van der Waals surface area contributed by atoms with Crippen LogP contribution < -0.4 is 0 Å². The van der Waals surface area contributed by atoms with Crippen LogP contribution in [-0.4, -0.2) is 21.4 Å². The van der Waals surface area contributed by atoms with Crippen molar-refractivity contribution < 1.29 is 10.2 Å². The summed E-state index contributed by atoms with van der Waals surface area (Å²) in [5.41, 5.74) is 0.682. The average Bonchev–Trinajstić information content (AvgIpc) is 3.04. The van der Waals surface area contributed by atoms with Crippen molar-refractivity contribution in [1.29, 1.82) is 0 Å². The van der Waals surface area contributed by atoms with E-state index in [1.165, 1.54) is 44.9 Å². The molecule has 0 aromatic carbocycles. The normalized spacial score (nSPS) is 50.0. The third-order valence-corrected chi connectivity index (χ3v) is 11.7. The van der Waals surface area contributed by atoms with E-state index in [1.807, 2.05) is 13.8 Å². The molecule has 2 N–H and O–H groups in total. The first-order valence-electron chi connectivity index (χ1n) is 13.4. The zero-order valence-corrected chi connectivity index (χ0v) is 21.3. The van der Waals surface area contributed by atoms with Gasteiger partial charge in [-0.1, -0.05) is 27.4 Å². The van der Waals surface area contributed by atoms with Crippen LogP contribution in [0.5, 0.6) is 0 Å². The fourth-order valence-electron chi connectivity index (χ4n) is 9.33. The molecule has 4 aliphatic rings. The van der Waals surface area contributed by atoms with Gasteiger partial charge in [-0.05, 0) is 143 Å². The lowest BCUT2D eigenvalue weighted by atomic mass is 9.43. The van der Waals surface area contributed by atoms with E-state index < -0.39 is 11.2 Å². The van der Waals surface area contributed by atoms with Crippen molar-refractivity contribution in [2.24, 2.45) is 46.3 Å². The molecule has 10 atom stereocenters. The molecular formula is C29H50O2. The molecule has 0 aromatic rings. The molecule has 0 saturated heterocycles.